The van der Waals surface area contributed by atoms with Gasteiger partial charge in [0.1, 0.15) is 5.82 Å². The van der Waals surface area contributed by atoms with Crippen LogP contribution in [-0.4, -0.2) is 27.8 Å². The zero-order valence-electron chi connectivity index (χ0n) is 16.8. The first-order valence-corrected chi connectivity index (χ1v) is 10.7. The summed E-state index contributed by atoms with van der Waals surface area (Å²) in [6.07, 6.45) is -0.561. The number of nitrogens with one attached hydrogen (secondary N) is 4. The first-order valence-electron chi connectivity index (χ1n) is 9.80. The standard InChI is InChI=1S/C21H24N6O2S/c1-13-14(2)23-20(25-19(13)28)27-18(11-17(26-27)15-7-4-3-5-8-15)24-21(29)22-12-16-9-6-10-30-16/h3-11,13-14,20,23H,12H2,1-2H3,(H,25,28)(H2,22,24,29). The molecule has 1 fully saturated rings. The Morgan fingerprint density at radius 1 is 1.20 bits per heavy atom. The maximum absolute atomic E-state index is 12.5. The van der Waals surface area contributed by atoms with E-state index in [2.05, 4.69) is 26.4 Å². The van der Waals surface area contributed by atoms with Crippen molar-refractivity contribution >= 4 is 29.1 Å². The van der Waals surface area contributed by atoms with E-state index < -0.39 is 6.29 Å². The summed E-state index contributed by atoms with van der Waals surface area (Å²) < 4.78 is 1.60. The Hall–Kier alpha value is -3.17. The molecule has 9 heteroatoms. The number of hydrogen-bond donors (Lipinski definition) is 4. The number of carbonyl (C=O) groups is 2. The Kier molecular flexibility index (Phi) is 5.82. The van der Waals surface area contributed by atoms with Crippen molar-refractivity contribution in [1.82, 2.24) is 25.7 Å². The van der Waals surface area contributed by atoms with E-state index in [4.69, 9.17) is 0 Å². The zero-order valence-corrected chi connectivity index (χ0v) is 17.6. The Bertz CT molecular complexity index is 1020. The molecular formula is C21H24N6O2S. The third kappa shape index (κ3) is 4.37. The maximum Gasteiger partial charge on any atom is 0.320 e. The monoisotopic (exact) mass is 424 g/mol. The van der Waals surface area contributed by atoms with Crippen LogP contribution in [0.15, 0.2) is 53.9 Å². The molecule has 1 aliphatic rings. The Balaban J connectivity index is 1.58. The molecule has 4 N–H and O–H groups in total. The number of aromatic nitrogens is 2. The number of hydrogen-bond acceptors (Lipinski definition) is 5. The minimum absolute atomic E-state index is 0.0337. The Labute approximate surface area is 178 Å². The van der Waals surface area contributed by atoms with E-state index in [0.29, 0.717) is 18.1 Å². The van der Waals surface area contributed by atoms with Crippen LogP contribution in [0.3, 0.4) is 0 Å². The van der Waals surface area contributed by atoms with Crippen molar-refractivity contribution in [3.63, 3.8) is 0 Å². The molecule has 0 radical (unpaired) electrons. The number of thiophene rings is 1. The molecule has 30 heavy (non-hydrogen) atoms. The van der Waals surface area contributed by atoms with Crippen molar-refractivity contribution < 1.29 is 9.59 Å². The summed E-state index contributed by atoms with van der Waals surface area (Å²) >= 11 is 1.58. The van der Waals surface area contributed by atoms with Crippen LogP contribution in [0.25, 0.3) is 11.3 Å². The fraction of sp³-hybridized carbons (Fsp3) is 0.286. The summed E-state index contributed by atoms with van der Waals surface area (Å²) in [5.74, 6) is 0.268. The highest BCUT2D eigenvalue weighted by molar-refractivity contribution is 7.09. The van der Waals surface area contributed by atoms with Crippen LogP contribution in [0.1, 0.15) is 25.0 Å². The van der Waals surface area contributed by atoms with Gasteiger partial charge in [0.25, 0.3) is 0 Å². The summed E-state index contributed by atoms with van der Waals surface area (Å²) in [4.78, 5) is 25.9. The second-order valence-corrected chi connectivity index (χ2v) is 8.30. The first kappa shape index (κ1) is 20.1. The minimum atomic E-state index is -0.561. The second kappa shape index (κ2) is 8.68. The van der Waals surface area contributed by atoms with E-state index >= 15 is 0 Å². The molecule has 1 aromatic carbocycles. The van der Waals surface area contributed by atoms with Crippen LogP contribution < -0.4 is 21.3 Å². The molecular weight excluding hydrogens is 400 g/mol. The predicted octanol–water partition coefficient (Wildman–Crippen LogP) is 3.13. The highest BCUT2D eigenvalue weighted by Crippen LogP contribution is 2.25. The number of benzene rings is 1. The van der Waals surface area contributed by atoms with E-state index in [0.717, 1.165) is 10.4 Å². The van der Waals surface area contributed by atoms with Crippen LogP contribution in [0.4, 0.5) is 10.6 Å². The SMILES string of the molecule is CC1NC(n2nc(-c3ccccc3)cc2NC(=O)NCc2cccs2)NC(=O)C1C. The van der Waals surface area contributed by atoms with Gasteiger partial charge in [-0.05, 0) is 18.4 Å². The third-order valence-electron chi connectivity index (χ3n) is 5.16. The summed E-state index contributed by atoms with van der Waals surface area (Å²) in [6.45, 7) is 4.27. The highest BCUT2D eigenvalue weighted by Gasteiger charge is 2.32. The van der Waals surface area contributed by atoms with Crippen LogP contribution in [-0.2, 0) is 11.3 Å². The third-order valence-corrected chi connectivity index (χ3v) is 6.03. The molecule has 8 nitrogen and oxygen atoms in total. The molecule has 0 aliphatic carbocycles. The van der Waals surface area contributed by atoms with E-state index in [1.54, 1.807) is 22.1 Å². The summed E-state index contributed by atoms with van der Waals surface area (Å²) in [5, 5.41) is 18.6. The molecule has 0 saturated carbocycles. The van der Waals surface area contributed by atoms with Gasteiger partial charge in [0.15, 0.2) is 6.29 Å². The van der Waals surface area contributed by atoms with Gasteiger partial charge in [0.05, 0.1) is 18.2 Å². The summed E-state index contributed by atoms with van der Waals surface area (Å²) in [7, 11) is 0. The quantitative estimate of drug-likeness (QED) is 0.506. The average Bonchev–Trinajstić information content (AvgIpc) is 3.41. The van der Waals surface area contributed by atoms with Crippen LogP contribution >= 0.6 is 11.3 Å². The lowest BCUT2D eigenvalue weighted by Gasteiger charge is -2.34. The normalized spacial score (nSPS) is 21.1. The first-order chi connectivity index (χ1) is 14.5. The molecule has 0 spiro atoms. The molecule has 3 amide bonds. The van der Waals surface area contributed by atoms with E-state index in [1.165, 1.54) is 0 Å². The number of carbonyl (C=O) groups excluding carboxylic acids is 2. The van der Waals surface area contributed by atoms with E-state index in [1.807, 2.05) is 61.7 Å². The molecule has 3 aromatic rings. The predicted molar refractivity (Wildman–Crippen MR) is 117 cm³/mol. The van der Waals surface area contributed by atoms with Crippen molar-refractivity contribution in [2.75, 3.05) is 5.32 Å². The van der Waals surface area contributed by atoms with Gasteiger partial charge in [-0.25, -0.2) is 9.48 Å². The average molecular weight is 425 g/mol. The molecule has 2 aromatic heterocycles. The highest BCUT2D eigenvalue weighted by atomic mass is 32.1. The number of amides is 3. The summed E-state index contributed by atoms with van der Waals surface area (Å²) in [6, 6.07) is 15.0. The molecule has 1 aliphatic heterocycles. The fourth-order valence-corrected chi connectivity index (χ4v) is 3.88. The number of rotatable bonds is 5. The van der Waals surface area contributed by atoms with E-state index in [-0.39, 0.29) is 23.9 Å². The van der Waals surface area contributed by atoms with Crippen molar-refractivity contribution in [3.05, 3.63) is 58.8 Å². The lowest BCUT2D eigenvalue weighted by molar-refractivity contribution is -0.130. The molecule has 3 heterocycles. The van der Waals surface area contributed by atoms with Gasteiger partial charge in [0, 0.05) is 22.5 Å². The van der Waals surface area contributed by atoms with Gasteiger partial charge in [-0.3, -0.25) is 15.4 Å². The molecule has 3 unspecified atom stereocenters. The van der Waals surface area contributed by atoms with Crippen molar-refractivity contribution in [1.29, 1.82) is 0 Å². The molecule has 0 bridgehead atoms. The van der Waals surface area contributed by atoms with Gasteiger partial charge in [-0.1, -0.05) is 43.3 Å². The summed E-state index contributed by atoms with van der Waals surface area (Å²) in [5.41, 5.74) is 1.62. The number of nitrogens with zero attached hydrogens (tertiary/aromatic N) is 2. The topological polar surface area (TPSA) is 100 Å². The van der Waals surface area contributed by atoms with Gasteiger partial charge >= 0.3 is 6.03 Å². The van der Waals surface area contributed by atoms with Gasteiger partial charge in [0.2, 0.25) is 5.91 Å². The van der Waals surface area contributed by atoms with Crippen LogP contribution in [0.2, 0.25) is 0 Å². The molecule has 1 saturated heterocycles. The number of anilines is 1. The van der Waals surface area contributed by atoms with Gasteiger partial charge in [-0.2, -0.15) is 5.10 Å². The lowest BCUT2D eigenvalue weighted by Crippen LogP contribution is -2.57. The zero-order chi connectivity index (χ0) is 21.1. The largest absolute Gasteiger partial charge is 0.333 e. The van der Waals surface area contributed by atoms with Crippen LogP contribution in [0.5, 0.6) is 0 Å². The van der Waals surface area contributed by atoms with Crippen molar-refractivity contribution in [2.24, 2.45) is 5.92 Å². The molecule has 4 rings (SSSR count). The second-order valence-electron chi connectivity index (χ2n) is 7.27. The van der Waals surface area contributed by atoms with Gasteiger partial charge in [-0.15, -0.1) is 11.3 Å². The molecule has 156 valence electrons. The Morgan fingerprint density at radius 2 is 2.00 bits per heavy atom. The molecule has 3 atom stereocenters. The number of urea groups is 1. The maximum atomic E-state index is 12.5. The smallest absolute Gasteiger partial charge is 0.320 e. The Morgan fingerprint density at radius 3 is 2.70 bits per heavy atom. The van der Waals surface area contributed by atoms with Crippen molar-refractivity contribution in [2.45, 2.75) is 32.7 Å². The lowest BCUT2D eigenvalue weighted by atomic mass is 10.0. The van der Waals surface area contributed by atoms with Crippen molar-refractivity contribution in [3.8, 4) is 11.3 Å². The fourth-order valence-electron chi connectivity index (χ4n) is 3.24. The van der Waals surface area contributed by atoms with E-state index in [9.17, 15) is 9.59 Å². The van der Waals surface area contributed by atoms with Gasteiger partial charge < -0.3 is 10.6 Å². The minimum Gasteiger partial charge on any atom is -0.333 e. The van der Waals surface area contributed by atoms with Crippen LogP contribution in [0, 0.1) is 5.92 Å².